The standard InChI is InChI=1S/C12H18ClN3O/c1-8-7-11(16-12(13)14-8)15-9-5-3-2-4-6-10(9)17/h7,9-10,17H,2-6H2,1H3,(H,14,15,16). The highest BCUT2D eigenvalue weighted by Gasteiger charge is 2.21. The Balaban J connectivity index is 2.07. The first-order valence-electron chi connectivity index (χ1n) is 6.11. The first-order valence-corrected chi connectivity index (χ1v) is 6.49. The van der Waals surface area contributed by atoms with Crippen molar-refractivity contribution in [1.82, 2.24) is 9.97 Å². The molecule has 0 aromatic carbocycles. The minimum Gasteiger partial charge on any atom is -0.391 e. The largest absolute Gasteiger partial charge is 0.391 e. The van der Waals surface area contributed by atoms with Crippen molar-refractivity contribution in [3.63, 3.8) is 0 Å². The maximum Gasteiger partial charge on any atom is 0.224 e. The molecular formula is C12H18ClN3O. The van der Waals surface area contributed by atoms with Gasteiger partial charge in [-0.05, 0) is 31.4 Å². The number of aliphatic hydroxyl groups is 1. The van der Waals surface area contributed by atoms with Crippen LogP contribution in [0.25, 0.3) is 0 Å². The van der Waals surface area contributed by atoms with E-state index < -0.39 is 0 Å². The van der Waals surface area contributed by atoms with Gasteiger partial charge in [0, 0.05) is 11.8 Å². The van der Waals surface area contributed by atoms with Crippen LogP contribution in [-0.4, -0.2) is 27.2 Å². The molecule has 2 N–H and O–H groups in total. The molecule has 0 saturated heterocycles. The van der Waals surface area contributed by atoms with Gasteiger partial charge in [0.2, 0.25) is 5.28 Å². The third-order valence-electron chi connectivity index (χ3n) is 3.14. The van der Waals surface area contributed by atoms with Gasteiger partial charge in [0.1, 0.15) is 5.82 Å². The summed E-state index contributed by atoms with van der Waals surface area (Å²) in [5.74, 6) is 0.702. The normalized spacial score (nSPS) is 25.4. The molecule has 1 heterocycles. The molecule has 1 fully saturated rings. The minimum absolute atomic E-state index is 0.0721. The highest BCUT2D eigenvalue weighted by molar-refractivity contribution is 6.28. The van der Waals surface area contributed by atoms with Crippen LogP contribution >= 0.6 is 11.6 Å². The van der Waals surface area contributed by atoms with Gasteiger partial charge in [0.05, 0.1) is 12.1 Å². The first kappa shape index (κ1) is 12.6. The summed E-state index contributed by atoms with van der Waals surface area (Å²) in [4.78, 5) is 8.14. The monoisotopic (exact) mass is 255 g/mol. The molecule has 0 amide bonds. The number of rotatable bonds is 2. The molecule has 1 aliphatic rings. The Morgan fingerprint density at radius 1 is 1.29 bits per heavy atom. The fraction of sp³-hybridized carbons (Fsp3) is 0.667. The van der Waals surface area contributed by atoms with Crippen molar-refractivity contribution in [2.75, 3.05) is 5.32 Å². The van der Waals surface area contributed by atoms with Gasteiger partial charge >= 0.3 is 0 Å². The van der Waals surface area contributed by atoms with Gasteiger partial charge in [-0.25, -0.2) is 9.97 Å². The van der Waals surface area contributed by atoms with Crippen LogP contribution in [0.5, 0.6) is 0 Å². The minimum atomic E-state index is -0.299. The van der Waals surface area contributed by atoms with Gasteiger partial charge in [0.15, 0.2) is 0 Å². The van der Waals surface area contributed by atoms with Crippen LogP contribution in [0.3, 0.4) is 0 Å². The summed E-state index contributed by atoms with van der Waals surface area (Å²) in [6.45, 7) is 1.88. The number of anilines is 1. The van der Waals surface area contributed by atoms with Crippen LogP contribution in [0.15, 0.2) is 6.07 Å². The fourth-order valence-electron chi connectivity index (χ4n) is 2.25. The Hall–Kier alpha value is -0.870. The molecule has 2 unspecified atom stereocenters. The summed E-state index contributed by atoms with van der Waals surface area (Å²) in [5.41, 5.74) is 0.829. The number of hydrogen-bond donors (Lipinski definition) is 2. The van der Waals surface area contributed by atoms with E-state index in [9.17, 15) is 5.11 Å². The van der Waals surface area contributed by atoms with Crippen molar-refractivity contribution in [2.45, 2.75) is 51.2 Å². The van der Waals surface area contributed by atoms with E-state index in [1.165, 1.54) is 6.42 Å². The second-order valence-electron chi connectivity index (χ2n) is 4.62. The molecule has 2 rings (SSSR count). The molecule has 0 radical (unpaired) electrons. The van der Waals surface area contributed by atoms with Gasteiger partial charge in [0.25, 0.3) is 0 Å². The van der Waals surface area contributed by atoms with E-state index in [0.717, 1.165) is 31.4 Å². The Labute approximate surface area is 106 Å². The zero-order valence-corrected chi connectivity index (χ0v) is 10.7. The van der Waals surface area contributed by atoms with Gasteiger partial charge in [-0.2, -0.15) is 0 Å². The lowest BCUT2D eigenvalue weighted by Crippen LogP contribution is -2.32. The molecule has 94 valence electrons. The predicted octanol–water partition coefficient (Wildman–Crippen LogP) is 2.54. The number of aromatic nitrogens is 2. The van der Waals surface area contributed by atoms with E-state index >= 15 is 0 Å². The molecule has 1 aromatic rings. The SMILES string of the molecule is Cc1cc(NC2CCCCCC2O)nc(Cl)n1. The van der Waals surface area contributed by atoms with Gasteiger partial charge in [-0.15, -0.1) is 0 Å². The van der Waals surface area contributed by atoms with E-state index in [0.29, 0.717) is 5.82 Å². The maximum atomic E-state index is 10.0. The molecule has 0 spiro atoms. The number of nitrogens with zero attached hydrogens (tertiary/aromatic N) is 2. The lowest BCUT2D eigenvalue weighted by atomic mass is 10.1. The zero-order valence-electron chi connectivity index (χ0n) is 9.99. The summed E-state index contributed by atoms with van der Waals surface area (Å²) in [6.07, 6.45) is 4.97. The highest BCUT2D eigenvalue weighted by atomic mass is 35.5. The van der Waals surface area contributed by atoms with Gasteiger partial charge in [-0.1, -0.05) is 19.3 Å². The fourth-order valence-corrected chi connectivity index (χ4v) is 2.48. The summed E-state index contributed by atoms with van der Waals surface area (Å²) >= 11 is 5.81. The highest BCUT2D eigenvalue weighted by Crippen LogP contribution is 2.21. The summed E-state index contributed by atoms with van der Waals surface area (Å²) in [6, 6.07) is 1.92. The van der Waals surface area contributed by atoms with Crippen LogP contribution in [0.4, 0.5) is 5.82 Å². The molecule has 1 aromatic heterocycles. The number of aryl methyl sites for hydroxylation is 1. The Kier molecular flexibility index (Phi) is 4.18. The molecule has 4 nitrogen and oxygen atoms in total. The van der Waals surface area contributed by atoms with E-state index in [-0.39, 0.29) is 17.4 Å². The molecule has 1 saturated carbocycles. The number of hydrogen-bond acceptors (Lipinski definition) is 4. The van der Waals surface area contributed by atoms with E-state index in [2.05, 4.69) is 15.3 Å². The average Bonchev–Trinajstić information content (AvgIpc) is 2.43. The van der Waals surface area contributed by atoms with Crippen LogP contribution in [0.1, 0.15) is 37.8 Å². The third kappa shape index (κ3) is 3.54. The average molecular weight is 256 g/mol. The lowest BCUT2D eigenvalue weighted by molar-refractivity contribution is 0.144. The smallest absolute Gasteiger partial charge is 0.224 e. The van der Waals surface area contributed by atoms with E-state index in [1.807, 2.05) is 13.0 Å². The zero-order chi connectivity index (χ0) is 12.3. The second-order valence-corrected chi connectivity index (χ2v) is 4.96. The summed E-state index contributed by atoms with van der Waals surface area (Å²) in [5, 5.41) is 13.5. The second kappa shape index (κ2) is 5.65. The molecule has 17 heavy (non-hydrogen) atoms. The number of nitrogens with one attached hydrogen (secondary N) is 1. The maximum absolute atomic E-state index is 10.0. The van der Waals surface area contributed by atoms with Crippen LogP contribution in [0.2, 0.25) is 5.28 Å². The van der Waals surface area contributed by atoms with Crippen LogP contribution in [-0.2, 0) is 0 Å². The van der Waals surface area contributed by atoms with E-state index in [1.54, 1.807) is 0 Å². The topological polar surface area (TPSA) is 58.0 Å². The Bertz CT molecular complexity index is 366. The van der Waals surface area contributed by atoms with Crippen molar-refractivity contribution < 1.29 is 5.11 Å². The molecule has 0 aliphatic heterocycles. The first-order chi connectivity index (χ1) is 8.15. The van der Waals surface area contributed by atoms with Crippen molar-refractivity contribution in [1.29, 1.82) is 0 Å². The van der Waals surface area contributed by atoms with Crippen molar-refractivity contribution in [3.8, 4) is 0 Å². The summed E-state index contributed by atoms with van der Waals surface area (Å²) in [7, 11) is 0. The molecule has 0 bridgehead atoms. The Morgan fingerprint density at radius 2 is 2.06 bits per heavy atom. The van der Waals surface area contributed by atoms with E-state index in [4.69, 9.17) is 11.6 Å². The quantitative estimate of drug-likeness (QED) is 0.630. The number of halogens is 1. The van der Waals surface area contributed by atoms with Crippen LogP contribution < -0.4 is 5.32 Å². The van der Waals surface area contributed by atoms with Crippen LogP contribution in [0, 0.1) is 6.92 Å². The number of aliphatic hydroxyl groups excluding tert-OH is 1. The van der Waals surface area contributed by atoms with Crippen molar-refractivity contribution in [3.05, 3.63) is 17.0 Å². The summed E-state index contributed by atoms with van der Waals surface area (Å²) < 4.78 is 0. The van der Waals surface area contributed by atoms with Gasteiger partial charge in [-0.3, -0.25) is 0 Å². The Morgan fingerprint density at radius 3 is 2.82 bits per heavy atom. The third-order valence-corrected chi connectivity index (χ3v) is 3.31. The lowest BCUT2D eigenvalue weighted by Gasteiger charge is -2.22. The molecule has 2 atom stereocenters. The predicted molar refractivity (Wildman–Crippen MR) is 68.3 cm³/mol. The van der Waals surface area contributed by atoms with Crippen molar-refractivity contribution >= 4 is 17.4 Å². The van der Waals surface area contributed by atoms with Crippen molar-refractivity contribution in [2.24, 2.45) is 0 Å². The molecule has 5 heteroatoms. The molecule has 1 aliphatic carbocycles. The van der Waals surface area contributed by atoms with Gasteiger partial charge < -0.3 is 10.4 Å². The molecular weight excluding hydrogens is 238 g/mol.